The molecule has 0 aliphatic heterocycles. The van der Waals surface area contributed by atoms with Gasteiger partial charge in [-0.2, -0.15) is 0 Å². The molecule has 3 N–H and O–H groups in total. The summed E-state index contributed by atoms with van der Waals surface area (Å²) >= 11 is 6.06. The lowest BCUT2D eigenvalue weighted by Crippen LogP contribution is -2.58. The van der Waals surface area contributed by atoms with Gasteiger partial charge in [0.1, 0.15) is 0 Å². The molecule has 1 aromatic rings. The number of nitrogens with one attached hydrogen (secondary N) is 1. The lowest BCUT2D eigenvalue weighted by atomic mass is 9.58. The second kappa shape index (κ2) is 7.88. The Morgan fingerprint density at radius 1 is 1.21 bits per heavy atom. The van der Waals surface area contributed by atoms with Crippen molar-refractivity contribution in [3.63, 3.8) is 0 Å². The molecule has 0 aromatic heterocycles. The Kier molecular flexibility index (Phi) is 6.33. The maximum absolute atomic E-state index is 12.6. The summed E-state index contributed by atoms with van der Waals surface area (Å²) in [4.78, 5) is 12.6. The van der Waals surface area contributed by atoms with Gasteiger partial charge in [-0.3, -0.25) is 4.79 Å². The predicted molar refractivity (Wildman–Crippen MR) is 101 cm³/mol. The summed E-state index contributed by atoms with van der Waals surface area (Å²) in [5.74, 6) is 0.615. The molecule has 1 aromatic carbocycles. The minimum atomic E-state index is -0.456. The number of hydrogen-bond acceptors (Lipinski definition) is 2. The third-order valence-electron chi connectivity index (χ3n) is 5.38. The number of halogens is 1. The molecule has 0 radical (unpaired) electrons. The van der Waals surface area contributed by atoms with Crippen LogP contribution in [0.4, 0.5) is 0 Å². The summed E-state index contributed by atoms with van der Waals surface area (Å²) in [6.45, 7) is 8.38. The highest BCUT2D eigenvalue weighted by Crippen LogP contribution is 2.48. The highest BCUT2D eigenvalue weighted by atomic mass is 35.5. The van der Waals surface area contributed by atoms with E-state index in [1.165, 1.54) is 12.0 Å². The maximum Gasteiger partial charge on any atom is 0.237 e. The number of rotatable bonds is 7. The first-order chi connectivity index (χ1) is 11.3. The van der Waals surface area contributed by atoms with Crippen LogP contribution in [0.15, 0.2) is 24.3 Å². The summed E-state index contributed by atoms with van der Waals surface area (Å²) in [6.07, 6.45) is 4.36. The molecule has 0 heterocycles. The van der Waals surface area contributed by atoms with Crippen molar-refractivity contribution in [1.29, 1.82) is 0 Å². The minimum absolute atomic E-state index is 0.0151. The smallest absolute Gasteiger partial charge is 0.237 e. The second-order valence-corrected chi connectivity index (χ2v) is 8.41. The van der Waals surface area contributed by atoms with Gasteiger partial charge in [-0.05, 0) is 48.8 Å². The molecule has 1 fully saturated rings. The number of nitrogens with two attached hydrogens (primary N) is 1. The van der Waals surface area contributed by atoms with Crippen LogP contribution in [0.3, 0.4) is 0 Å². The van der Waals surface area contributed by atoms with Gasteiger partial charge in [0, 0.05) is 16.5 Å². The highest BCUT2D eigenvalue weighted by molar-refractivity contribution is 6.30. The van der Waals surface area contributed by atoms with Gasteiger partial charge >= 0.3 is 0 Å². The third kappa shape index (κ3) is 4.12. The topological polar surface area (TPSA) is 55.1 Å². The zero-order chi connectivity index (χ0) is 17.9. The molecular weight excluding hydrogens is 320 g/mol. The molecule has 2 unspecified atom stereocenters. The standard InChI is InChI=1S/C20H31ClN2O/c1-13(2)12-17(23-19(24)18(22)14(3)4)20(10-5-11-20)15-6-8-16(21)9-7-15/h6-9,13-14,17-18H,5,10-12,22H2,1-4H3,(H,23,24). The number of amides is 1. The first kappa shape index (κ1) is 19.3. The van der Waals surface area contributed by atoms with Gasteiger partial charge in [-0.1, -0.05) is 57.8 Å². The zero-order valence-electron chi connectivity index (χ0n) is 15.3. The fourth-order valence-corrected chi connectivity index (χ4v) is 3.77. The summed E-state index contributed by atoms with van der Waals surface area (Å²) < 4.78 is 0. The summed E-state index contributed by atoms with van der Waals surface area (Å²) in [7, 11) is 0. The van der Waals surface area contributed by atoms with Crippen LogP contribution in [0.2, 0.25) is 5.02 Å². The van der Waals surface area contributed by atoms with Crippen molar-refractivity contribution < 1.29 is 4.79 Å². The number of carbonyl (C=O) groups excluding carboxylic acids is 1. The lowest BCUT2D eigenvalue weighted by molar-refractivity contribution is -0.125. The van der Waals surface area contributed by atoms with E-state index in [1.54, 1.807) is 0 Å². The maximum atomic E-state index is 12.6. The van der Waals surface area contributed by atoms with E-state index in [9.17, 15) is 4.79 Å². The van der Waals surface area contributed by atoms with Gasteiger partial charge < -0.3 is 11.1 Å². The van der Waals surface area contributed by atoms with Crippen LogP contribution >= 0.6 is 11.6 Å². The molecule has 1 aliphatic carbocycles. The average Bonchev–Trinajstić information content (AvgIpc) is 2.46. The molecule has 0 bridgehead atoms. The molecular formula is C20H31ClN2O. The molecule has 2 atom stereocenters. The molecule has 3 nitrogen and oxygen atoms in total. The normalized spacial score (nSPS) is 19.0. The quantitative estimate of drug-likeness (QED) is 0.771. The van der Waals surface area contributed by atoms with E-state index in [1.807, 2.05) is 26.0 Å². The fraction of sp³-hybridized carbons (Fsp3) is 0.650. The summed E-state index contributed by atoms with van der Waals surface area (Å²) in [5, 5.41) is 4.04. The Balaban J connectivity index is 2.27. The van der Waals surface area contributed by atoms with Gasteiger partial charge in [0.25, 0.3) is 0 Å². The van der Waals surface area contributed by atoms with Crippen LogP contribution < -0.4 is 11.1 Å². The van der Waals surface area contributed by atoms with Crippen LogP contribution in [-0.2, 0) is 10.2 Å². The lowest BCUT2D eigenvalue weighted by Gasteiger charge is -2.49. The van der Waals surface area contributed by atoms with Crippen molar-refractivity contribution in [2.45, 2.75) is 70.9 Å². The Labute approximate surface area is 151 Å². The van der Waals surface area contributed by atoms with Crippen molar-refractivity contribution in [1.82, 2.24) is 5.32 Å². The Hall–Kier alpha value is -1.06. The number of carbonyl (C=O) groups is 1. The van der Waals surface area contributed by atoms with Crippen molar-refractivity contribution in [3.05, 3.63) is 34.9 Å². The molecule has 134 valence electrons. The van der Waals surface area contributed by atoms with Gasteiger partial charge in [0.05, 0.1) is 6.04 Å². The monoisotopic (exact) mass is 350 g/mol. The Bertz CT molecular complexity index is 549. The van der Waals surface area contributed by atoms with E-state index in [0.717, 1.165) is 24.3 Å². The predicted octanol–water partition coefficient (Wildman–Crippen LogP) is 4.28. The first-order valence-corrected chi connectivity index (χ1v) is 9.46. The van der Waals surface area contributed by atoms with Crippen LogP contribution in [-0.4, -0.2) is 18.0 Å². The van der Waals surface area contributed by atoms with Gasteiger partial charge in [-0.15, -0.1) is 0 Å². The van der Waals surface area contributed by atoms with Crippen molar-refractivity contribution in [2.24, 2.45) is 17.6 Å². The van der Waals surface area contributed by atoms with Crippen molar-refractivity contribution >= 4 is 17.5 Å². The van der Waals surface area contributed by atoms with Crippen molar-refractivity contribution in [3.8, 4) is 0 Å². The van der Waals surface area contributed by atoms with Gasteiger partial charge in [0.15, 0.2) is 0 Å². The molecule has 1 saturated carbocycles. The fourth-order valence-electron chi connectivity index (χ4n) is 3.64. The van der Waals surface area contributed by atoms with Gasteiger partial charge in [0.2, 0.25) is 5.91 Å². The van der Waals surface area contributed by atoms with E-state index in [-0.39, 0.29) is 23.3 Å². The summed E-state index contributed by atoms with van der Waals surface area (Å²) in [6, 6.07) is 7.79. The van der Waals surface area contributed by atoms with Gasteiger partial charge in [-0.25, -0.2) is 0 Å². The first-order valence-electron chi connectivity index (χ1n) is 9.08. The van der Waals surface area contributed by atoms with E-state index in [0.29, 0.717) is 5.92 Å². The molecule has 0 spiro atoms. The van der Waals surface area contributed by atoms with Crippen LogP contribution in [0.25, 0.3) is 0 Å². The molecule has 1 amide bonds. The third-order valence-corrected chi connectivity index (χ3v) is 5.63. The SMILES string of the molecule is CC(C)CC(NC(=O)C(N)C(C)C)C1(c2ccc(Cl)cc2)CCC1. The van der Waals surface area contributed by atoms with E-state index < -0.39 is 6.04 Å². The van der Waals surface area contributed by atoms with Crippen LogP contribution in [0.5, 0.6) is 0 Å². The van der Waals surface area contributed by atoms with E-state index in [2.05, 4.69) is 31.3 Å². The molecule has 24 heavy (non-hydrogen) atoms. The number of hydrogen-bond donors (Lipinski definition) is 2. The zero-order valence-corrected chi connectivity index (χ0v) is 16.1. The number of benzene rings is 1. The van der Waals surface area contributed by atoms with Crippen LogP contribution in [0.1, 0.15) is 58.9 Å². The minimum Gasteiger partial charge on any atom is -0.351 e. The summed E-state index contributed by atoms with van der Waals surface area (Å²) in [5.41, 5.74) is 7.37. The van der Waals surface area contributed by atoms with E-state index in [4.69, 9.17) is 17.3 Å². The highest BCUT2D eigenvalue weighted by Gasteiger charge is 2.46. The Morgan fingerprint density at radius 2 is 1.79 bits per heavy atom. The largest absolute Gasteiger partial charge is 0.351 e. The second-order valence-electron chi connectivity index (χ2n) is 7.98. The molecule has 1 aliphatic rings. The molecule has 4 heteroatoms. The molecule has 2 rings (SSSR count). The Morgan fingerprint density at radius 3 is 2.21 bits per heavy atom. The van der Waals surface area contributed by atoms with Crippen LogP contribution in [0, 0.1) is 11.8 Å². The molecule has 0 saturated heterocycles. The van der Waals surface area contributed by atoms with Crippen molar-refractivity contribution in [2.75, 3.05) is 0 Å². The van der Waals surface area contributed by atoms with E-state index >= 15 is 0 Å². The average molecular weight is 351 g/mol.